The normalized spacial score (nSPS) is 14.2. The molecule has 0 amide bonds. The third-order valence-corrected chi connectivity index (χ3v) is 2.11. The lowest BCUT2D eigenvalue weighted by Crippen LogP contribution is -2.24. The van der Waals surface area contributed by atoms with E-state index in [9.17, 15) is 0 Å². The van der Waals surface area contributed by atoms with Crippen molar-refractivity contribution in [1.82, 2.24) is 11.1 Å². The molecule has 0 heterocycles. The van der Waals surface area contributed by atoms with Gasteiger partial charge in [0.05, 0.1) is 0 Å². The molecule has 3 N–H and O–H groups in total. The minimum atomic E-state index is 0. The lowest BCUT2D eigenvalue weighted by Gasteiger charge is -2.16. The highest BCUT2D eigenvalue weighted by molar-refractivity contribution is 5.85. The van der Waals surface area contributed by atoms with Crippen LogP contribution in [0.25, 0.3) is 0 Å². The van der Waals surface area contributed by atoms with Crippen molar-refractivity contribution in [3.05, 3.63) is 0 Å². The van der Waals surface area contributed by atoms with Crippen LogP contribution in [-0.4, -0.2) is 24.5 Å². The summed E-state index contributed by atoms with van der Waals surface area (Å²) in [6, 6.07) is 0. The van der Waals surface area contributed by atoms with Crippen LogP contribution in [0.5, 0.6) is 0 Å². The zero-order valence-electron chi connectivity index (χ0n) is 8.08. The lowest BCUT2D eigenvalue weighted by atomic mass is 10.3. The molecule has 0 aromatic heterocycles. The molecule has 12 heavy (non-hydrogen) atoms. The predicted molar refractivity (Wildman–Crippen MR) is 60.0 cm³/mol. The first-order valence-electron chi connectivity index (χ1n) is 4.09. The number of nitrogens with zero attached hydrogens (tertiary/aromatic N) is 1. The highest BCUT2D eigenvalue weighted by Gasteiger charge is 2.22. The maximum atomic E-state index is 2.51. The van der Waals surface area contributed by atoms with Crippen LogP contribution in [0.2, 0.25) is 0 Å². The Morgan fingerprint density at radius 3 is 1.75 bits per heavy atom. The molecule has 0 saturated heterocycles. The summed E-state index contributed by atoms with van der Waals surface area (Å²) in [4.78, 5) is 2.51. The SMILES string of the molecule is CCN(CC)CC1CC1.Cl.Cl.N. The summed E-state index contributed by atoms with van der Waals surface area (Å²) in [7, 11) is 0. The molecule has 0 aliphatic heterocycles. The third kappa shape index (κ3) is 7.17. The molecule has 0 aromatic carbocycles. The van der Waals surface area contributed by atoms with Crippen molar-refractivity contribution in [3.8, 4) is 0 Å². The molecular formula is C8H22Cl2N2. The van der Waals surface area contributed by atoms with Gasteiger partial charge in [0, 0.05) is 6.54 Å². The number of hydrogen-bond donors (Lipinski definition) is 1. The van der Waals surface area contributed by atoms with Gasteiger partial charge in [0.2, 0.25) is 0 Å². The molecule has 1 rings (SSSR count). The van der Waals surface area contributed by atoms with Gasteiger partial charge in [0.15, 0.2) is 0 Å². The third-order valence-electron chi connectivity index (χ3n) is 2.11. The van der Waals surface area contributed by atoms with Crippen molar-refractivity contribution in [2.75, 3.05) is 19.6 Å². The number of hydrogen-bond acceptors (Lipinski definition) is 2. The summed E-state index contributed by atoms with van der Waals surface area (Å²) >= 11 is 0. The van der Waals surface area contributed by atoms with Gasteiger partial charge in [-0.2, -0.15) is 0 Å². The highest BCUT2D eigenvalue weighted by atomic mass is 35.5. The molecule has 0 aromatic rings. The second-order valence-corrected chi connectivity index (χ2v) is 2.93. The monoisotopic (exact) mass is 216 g/mol. The van der Waals surface area contributed by atoms with Crippen LogP contribution < -0.4 is 6.15 Å². The van der Waals surface area contributed by atoms with Crippen molar-refractivity contribution in [3.63, 3.8) is 0 Å². The van der Waals surface area contributed by atoms with E-state index in [4.69, 9.17) is 0 Å². The number of halogens is 2. The molecule has 0 radical (unpaired) electrons. The van der Waals surface area contributed by atoms with E-state index in [1.807, 2.05) is 0 Å². The van der Waals surface area contributed by atoms with Crippen LogP contribution in [-0.2, 0) is 0 Å². The van der Waals surface area contributed by atoms with Crippen molar-refractivity contribution >= 4 is 24.8 Å². The summed E-state index contributed by atoms with van der Waals surface area (Å²) in [5, 5.41) is 0. The van der Waals surface area contributed by atoms with E-state index in [1.54, 1.807) is 0 Å². The molecule has 0 atom stereocenters. The summed E-state index contributed by atoms with van der Waals surface area (Å²) < 4.78 is 0. The Morgan fingerprint density at radius 1 is 1.08 bits per heavy atom. The molecule has 0 spiro atoms. The lowest BCUT2D eigenvalue weighted by molar-refractivity contribution is 0.291. The maximum Gasteiger partial charge on any atom is 0.000943 e. The average Bonchev–Trinajstić information content (AvgIpc) is 2.66. The van der Waals surface area contributed by atoms with E-state index in [2.05, 4.69) is 18.7 Å². The van der Waals surface area contributed by atoms with Crippen molar-refractivity contribution in [1.29, 1.82) is 0 Å². The predicted octanol–water partition coefficient (Wildman–Crippen LogP) is 2.74. The minimum absolute atomic E-state index is 0. The van der Waals surface area contributed by atoms with E-state index in [0.717, 1.165) is 5.92 Å². The van der Waals surface area contributed by atoms with Crippen molar-refractivity contribution in [2.24, 2.45) is 5.92 Å². The zero-order chi connectivity index (χ0) is 6.69. The van der Waals surface area contributed by atoms with E-state index < -0.39 is 0 Å². The molecule has 4 heteroatoms. The number of rotatable bonds is 4. The second kappa shape index (κ2) is 9.59. The van der Waals surface area contributed by atoms with Gasteiger partial charge in [0.1, 0.15) is 0 Å². The fraction of sp³-hybridized carbons (Fsp3) is 1.00. The molecule has 0 unspecified atom stereocenters. The van der Waals surface area contributed by atoms with Crippen molar-refractivity contribution < 1.29 is 0 Å². The van der Waals surface area contributed by atoms with Crippen LogP contribution >= 0.6 is 24.8 Å². The second-order valence-electron chi connectivity index (χ2n) is 2.93. The van der Waals surface area contributed by atoms with Crippen molar-refractivity contribution in [2.45, 2.75) is 26.7 Å². The molecular weight excluding hydrogens is 195 g/mol. The Morgan fingerprint density at radius 2 is 1.50 bits per heavy atom. The minimum Gasteiger partial charge on any atom is -0.344 e. The van der Waals surface area contributed by atoms with Gasteiger partial charge in [-0.15, -0.1) is 24.8 Å². The first kappa shape index (κ1) is 18.3. The van der Waals surface area contributed by atoms with E-state index >= 15 is 0 Å². The quantitative estimate of drug-likeness (QED) is 0.786. The average molecular weight is 217 g/mol. The van der Waals surface area contributed by atoms with Gasteiger partial charge in [-0.1, -0.05) is 13.8 Å². The summed E-state index contributed by atoms with van der Waals surface area (Å²) in [6.45, 7) is 8.30. The van der Waals surface area contributed by atoms with Gasteiger partial charge in [-0.05, 0) is 31.8 Å². The molecule has 1 aliphatic carbocycles. The molecule has 78 valence electrons. The fourth-order valence-corrected chi connectivity index (χ4v) is 1.15. The largest absolute Gasteiger partial charge is 0.344 e. The summed E-state index contributed by atoms with van der Waals surface area (Å²) in [6.07, 6.45) is 2.97. The first-order chi connectivity index (χ1) is 4.36. The van der Waals surface area contributed by atoms with E-state index in [0.29, 0.717) is 0 Å². The van der Waals surface area contributed by atoms with Gasteiger partial charge < -0.3 is 11.1 Å². The molecule has 0 bridgehead atoms. The van der Waals surface area contributed by atoms with Gasteiger partial charge in [-0.25, -0.2) is 0 Å². The van der Waals surface area contributed by atoms with E-state index in [1.165, 1.54) is 32.5 Å². The Kier molecular flexibility index (Phi) is 14.6. The van der Waals surface area contributed by atoms with Crippen LogP contribution in [0.3, 0.4) is 0 Å². The van der Waals surface area contributed by atoms with Gasteiger partial charge >= 0.3 is 0 Å². The highest BCUT2D eigenvalue weighted by Crippen LogP contribution is 2.29. The Hall–Kier alpha value is 0.500. The Bertz CT molecular complexity index is 83.1. The smallest absolute Gasteiger partial charge is 0.000943 e. The standard InChI is InChI=1S/C8H17N.2ClH.H3N/c1-3-9(4-2)7-8-5-6-8;;;/h8H,3-7H2,1-2H3;2*1H;1H3. The van der Waals surface area contributed by atoms with Crippen LogP contribution in [0.1, 0.15) is 26.7 Å². The zero-order valence-corrected chi connectivity index (χ0v) is 9.72. The van der Waals surface area contributed by atoms with Crippen LogP contribution in [0.15, 0.2) is 0 Å². The maximum absolute atomic E-state index is 2.51. The first-order valence-corrected chi connectivity index (χ1v) is 4.09. The summed E-state index contributed by atoms with van der Waals surface area (Å²) in [5.41, 5.74) is 0. The fourth-order valence-electron chi connectivity index (χ4n) is 1.15. The molecule has 1 aliphatic rings. The topological polar surface area (TPSA) is 38.2 Å². The Balaban J connectivity index is -0.000000270. The van der Waals surface area contributed by atoms with Crippen LogP contribution in [0.4, 0.5) is 0 Å². The van der Waals surface area contributed by atoms with Gasteiger partial charge in [-0.3, -0.25) is 0 Å². The molecule has 1 saturated carbocycles. The molecule has 2 nitrogen and oxygen atoms in total. The summed E-state index contributed by atoms with van der Waals surface area (Å²) in [5.74, 6) is 1.06. The van der Waals surface area contributed by atoms with E-state index in [-0.39, 0.29) is 31.0 Å². The van der Waals surface area contributed by atoms with Crippen LogP contribution in [0, 0.1) is 5.92 Å². The Labute approximate surface area is 88.5 Å². The van der Waals surface area contributed by atoms with Gasteiger partial charge in [0.25, 0.3) is 0 Å². The molecule has 1 fully saturated rings.